The minimum atomic E-state index is -3.68. The van der Waals surface area contributed by atoms with E-state index in [-0.39, 0.29) is 10.9 Å². The lowest BCUT2D eigenvalue weighted by atomic mass is 10.2. The van der Waals surface area contributed by atoms with Crippen molar-refractivity contribution in [1.82, 2.24) is 0 Å². The molecule has 0 fully saturated rings. The fourth-order valence-corrected chi connectivity index (χ4v) is 4.52. The van der Waals surface area contributed by atoms with E-state index in [1.807, 2.05) is 13.8 Å². The molecule has 5 nitrogen and oxygen atoms in total. The van der Waals surface area contributed by atoms with Crippen LogP contribution in [0.2, 0.25) is 0 Å². The van der Waals surface area contributed by atoms with Crippen molar-refractivity contribution in [2.75, 3.05) is 17.5 Å². The molecule has 1 heterocycles. The van der Waals surface area contributed by atoms with Crippen LogP contribution < -0.4 is 13.8 Å². The van der Waals surface area contributed by atoms with Crippen LogP contribution in [0.5, 0.6) is 11.5 Å². The molecule has 0 atom stereocenters. The number of fused-ring (bicyclic) bond motifs is 1. The lowest BCUT2D eigenvalue weighted by Crippen LogP contribution is -2.37. The highest BCUT2D eigenvalue weighted by molar-refractivity contribution is 9.10. The Kier molecular flexibility index (Phi) is 4.73. The Morgan fingerprint density at radius 1 is 1.00 bits per heavy atom. The van der Waals surface area contributed by atoms with Crippen LogP contribution in [0.25, 0.3) is 0 Å². The minimum Gasteiger partial charge on any atom is -0.486 e. The number of ether oxygens (including phenoxy) is 2. The Labute approximate surface area is 150 Å². The third-order valence-electron chi connectivity index (χ3n) is 3.62. The van der Waals surface area contributed by atoms with Crippen LogP contribution in [0.15, 0.2) is 51.8 Å². The smallest absolute Gasteiger partial charge is 0.264 e. The van der Waals surface area contributed by atoms with Crippen LogP contribution in [0.3, 0.4) is 0 Å². The SMILES string of the molecule is CC(C)N(c1ccc2c(c1)OCCO2)S(=O)(=O)c1ccc(Br)cc1. The van der Waals surface area contributed by atoms with Gasteiger partial charge in [0.1, 0.15) is 13.2 Å². The fourth-order valence-electron chi connectivity index (χ4n) is 2.60. The van der Waals surface area contributed by atoms with Crippen molar-refractivity contribution in [3.05, 3.63) is 46.9 Å². The molecule has 128 valence electrons. The highest BCUT2D eigenvalue weighted by Crippen LogP contribution is 2.36. The molecule has 0 aliphatic carbocycles. The van der Waals surface area contributed by atoms with Gasteiger partial charge < -0.3 is 9.47 Å². The topological polar surface area (TPSA) is 55.8 Å². The Hall–Kier alpha value is -1.73. The van der Waals surface area contributed by atoms with Gasteiger partial charge in [0, 0.05) is 16.6 Å². The van der Waals surface area contributed by atoms with Gasteiger partial charge in [-0.1, -0.05) is 15.9 Å². The number of sulfonamides is 1. The van der Waals surface area contributed by atoms with E-state index < -0.39 is 10.0 Å². The molecular weight excluding hydrogens is 394 g/mol. The lowest BCUT2D eigenvalue weighted by Gasteiger charge is -2.29. The molecule has 0 amide bonds. The summed E-state index contributed by atoms with van der Waals surface area (Å²) < 4.78 is 39.5. The molecule has 0 aromatic heterocycles. The molecule has 2 aromatic rings. The summed E-state index contributed by atoms with van der Waals surface area (Å²) in [4.78, 5) is 0.245. The monoisotopic (exact) mass is 411 g/mol. The Morgan fingerprint density at radius 3 is 2.25 bits per heavy atom. The van der Waals surface area contributed by atoms with Crippen LogP contribution in [-0.4, -0.2) is 27.7 Å². The number of hydrogen-bond acceptors (Lipinski definition) is 4. The number of nitrogens with zero attached hydrogens (tertiary/aromatic N) is 1. The van der Waals surface area contributed by atoms with Crippen LogP contribution in [0.1, 0.15) is 13.8 Å². The summed E-state index contributed by atoms with van der Waals surface area (Å²) in [5, 5.41) is 0. The van der Waals surface area contributed by atoms with E-state index >= 15 is 0 Å². The summed E-state index contributed by atoms with van der Waals surface area (Å²) in [5.74, 6) is 1.20. The van der Waals surface area contributed by atoms with Gasteiger partial charge in [0.25, 0.3) is 10.0 Å². The first-order valence-corrected chi connectivity index (χ1v) is 9.82. The van der Waals surface area contributed by atoms with Gasteiger partial charge in [-0.2, -0.15) is 0 Å². The second-order valence-electron chi connectivity index (χ2n) is 5.68. The number of rotatable bonds is 4. The summed E-state index contributed by atoms with van der Waals surface area (Å²) in [5.41, 5.74) is 0.553. The van der Waals surface area contributed by atoms with Gasteiger partial charge in [-0.25, -0.2) is 8.42 Å². The average Bonchev–Trinajstić information content (AvgIpc) is 2.54. The van der Waals surface area contributed by atoms with Crippen molar-refractivity contribution in [2.45, 2.75) is 24.8 Å². The first-order chi connectivity index (χ1) is 11.4. The lowest BCUT2D eigenvalue weighted by molar-refractivity contribution is 0.171. The molecule has 24 heavy (non-hydrogen) atoms. The van der Waals surface area contributed by atoms with Crippen molar-refractivity contribution in [3.8, 4) is 11.5 Å². The minimum absolute atomic E-state index is 0.245. The summed E-state index contributed by atoms with van der Waals surface area (Å²) in [6.07, 6.45) is 0. The van der Waals surface area contributed by atoms with Crippen molar-refractivity contribution in [2.24, 2.45) is 0 Å². The molecule has 0 radical (unpaired) electrons. The maximum atomic E-state index is 13.1. The van der Waals surface area contributed by atoms with Crippen molar-refractivity contribution >= 4 is 31.6 Å². The van der Waals surface area contributed by atoms with E-state index in [2.05, 4.69) is 15.9 Å². The van der Waals surface area contributed by atoms with Gasteiger partial charge >= 0.3 is 0 Å². The van der Waals surface area contributed by atoms with Gasteiger partial charge in [0.15, 0.2) is 11.5 Å². The molecule has 2 aromatic carbocycles. The second kappa shape index (κ2) is 6.64. The van der Waals surface area contributed by atoms with Crippen LogP contribution in [0, 0.1) is 0 Å². The van der Waals surface area contributed by atoms with Crippen LogP contribution in [-0.2, 0) is 10.0 Å². The summed E-state index contributed by atoms with van der Waals surface area (Å²) in [7, 11) is -3.68. The Morgan fingerprint density at radius 2 is 1.62 bits per heavy atom. The van der Waals surface area contributed by atoms with Gasteiger partial charge in [-0.05, 0) is 50.2 Å². The average molecular weight is 412 g/mol. The second-order valence-corrected chi connectivity index (χ2v) is 8.41. The Bertz CT molecular complexity index is 834. The molecular formula is C17H18BrNO4S. The molecule has 0 saturated heterocycles. The van der Waals surface area contributed by atoms with Crippen LogP contribution >= 0.6 is 15.9 Å². The maximum Gasteiger partial charge on any atom is 0.264 e. The summed E-state index contributed by atoms with van der Waals surface area (Å²) in [6, 6.07) is 11.6. The summed E-state index contributed by atoms with van der Waals surface area (Å²) in [6.45, 7) is 4.63. The predicted octanol–water partition coefficient (Wildman–Crippen LogP) is 3.82. The first-order valence-electron chi connectivity index (χ1n) is 7.59. The normalized spacial score (nSPS) is 13.8. The van der Waals surface area contributed by atoms with Gasteiger partial charge in [-0.3, -0.25) is 4.31 Å². The number of hydrogen-bond donors (Lipinski definition) is 0. The highest BCUT2D eigenvalue weighted by atomic mass is 79.9. The number of anilines is 1. The molecule has 3 rings (SSSR count). The van der Waals surface area contributed by atoms with E-state index in [4.69, 9.17) is 9.47 Å². The van der Waals surface area contributed by atoms with E-state index in [1.165, 1.54) is 4.31 Å². The first kappa shape index (κ1) is 17.1. The quantitative estimate of drug-likeness (QED) is 0.766. The molecule has 1 aliphatic rings. The number of halogens is 1. The molecule has 1 aliphatic heterocycles. The van der Waals surface area contributed by atoms with E-state index in [9.17, 15) is 8.42 Å². The molecule has 7 heteroatoms. The van der Waals surface area contributed by atoms with E-state index in [0.717, 1.165) is 4.47 Å². The zero-order chi connectivity index (χ0) is 17.3. The van der Waals surface area contributed by atoms with Crippen molar-refractivity contribution in [1.29, 1.82) is 0 Å². The molecule has 0 bridgehead atoms. The summed E-state index contributed by atoms with van der Waals surface area (Å²) >= 11 is 3.33. The van der Waals surface area contributed by atoms with Gasteiger partial charge in [0.2, 0.25) is 0 Å². The van der Waals surface area contributed by atoms with E-state index in [0.29, 0.717) is 30.4 Å². The van der Waals surface area contributed by atoms with E-state index in [1.54, 1.807) is 42.5 Å². The van der Waals surface area contributed by atoms with Crippen molar-refractivity contribution < 1.29 is 17.9 Å². The standard InChI is InChI=1S/C17H18BrNO4S/c1-12(2)19(24(20,21)15-6-3-13(18)4-7-15)14-5-8-16-17(11-14)23-10-9-22-16/h3-8,11-12H,9-10H2,1-2H3. The van der Waals surface area contributed by atoms with Gasteiger partial charge in [0.05, 0.1) is 10.6 Å². The third-order valence-corrected chi connectivity index (χ3v) is 6.17. The third kappa shape index (κ3) is 3.23. The maximum absolute atomic E-state index is 13.1. The Balaban J connectivity index is 2.05. The largest absolute Gasteiger partial charge is 0.486 e. The predicted molar refractivity (Wildman–Crippen MR) is 96.4 cm³/mol. The van der Waals surface area contributed by atoms with Crippen LogP contribution in [0.4, 0.5) is 5.69 Å². The molecule has 0 unspecified atom stereocenters. The van der Waals surface area contributed by atoms with Crippen molar-refractivity contribution in [3.63, 3.8) is 0 Å². The molecule has 0 saturated carbocycles. The zero-order valence-electron chi connectivity index (χ0n) is 13.4. The zero-order valence-corrected chi connectivity index (χ0v) is 15.8. The van der Waals surface area contributed by atoms with Gasteiger partial charge in [-0.15, -0.1) is 0 Å². The molecule has 0 spiro atoms. The molecule has 0 N–H and O–H groups in total. The fraction of sp³-hybridized carbons (Fsp3) is 0.294. The highest BCUT2D eigenvalue weighted by Gasteiger charge is 2.28. The number of benzene rings is 2.